The van der Waals surface area contributed by atoms with Gasteiger partial charge in [0.1, 0.15) is 11.5 Å². The zero-order chi connectivity index (χ0) is 22.7. The van der Waals surface area contributed by atoms with E-state index < -0.39 is 11.9 Å². The van der Waals surface area contributed by atoms with Crippen molar-refractivity contribution in [3.05, 3.63) is 100 Å². The highest BCUT2D eigenvalue weighted by molar-refractivity contribution is 6.13. The summed E-state index contributed by atoms with van der Waals surface area (Å²) in [7, 11) is 1.67. The highest BCUT2D eigenvalue weighted by Gasteiger charge is 2.20. The molecule has 0 radical (unpaired) electrons. The molecule has 0 fully saturated rings. The molecular weight excluding hydrogens is 405 g/mol. The number of allylic oxidation sites excluding steroid dienone is 2. The number of benzene rings is 2. The van der Waals surface area contributed by atoms with E-state index >= 15 is 0 Å². The maximum absolute atomic E-state index is 14.6. The van der Waals surface area contributed by atoms with E-state index in [2.05, 4.69) is 27.0 Å². The topological polar surface area (TPSA) is 71.1 Å². The van der Waals surface area contributed by atoms with Crippen LogP contribution in [-0.2, 0) is 0 Å². The van der Waals surface area contributed by atoms with Crippen molar-refractivity contribution < 1.29 is 4.39 Å². The highest BCUT2D eigenvalue weighted by atomic mass is 19.1. The van der Waals surface area contributed by atoms with Crippen LogP contribution in [0.4, 0.5) is 4.39 Å². The SMILES string of the molecule is C=N/C(N[C@@H](C)c1cc2c(F)cccc2c(=O)n1-c1ccccc1)=C1/N=CC=C/C1=N/C. The van der Waals surface area contributed by atoms with Crippen LogP contribution < -0.4 is 10.9 Å². The zero-order valence-electron chi connectivity index (χ0n) is 17.8. The van der Waals surface area contributed by atoms with Crippen LogP contribution >= 0.6 is 0 Å². The average molecular weight is 427 g/mol. The normalized spacial score (nSPS) is 16.9. The minimum atomic E-state index is -0.448. The van der Waals surface area contributed by atoms with Crippen LogP contribution in [0, 0.1) is 5.82 Å². The predicted molar refractivity (Wildman–Crippen MR) is 129 cm³/mol. The summed E-state index contributed by atoms with van der Waals surface area (Å²) >= 11 is 0. The summed E-state index contributed by atoms with van der Waals surface area (Å²) in [5.74, 6) is -0.0319. The summed E-state index contributed by atoms with van der Waals surface area (Å²) in [6.45, 7) is 5.53. The Balaban J connectivity index is 1.90. The number of aliphatic imine (C=N–C) groups is 3. The van der Waals surface area contributed by atoms with Gasteiger partial charge in [0.2, 0.25) is 0 Å². The second kappa shape index (κ2) is 8.93. The first-order valence-corrected chi connectivity index (χ1v) is 10.1. The molecule has 4 rings (SSSR count). The van der Waals surface area contributed by atoms with Crippen molar-refractivity contribution >= 4 is 29.4 Å². The lowest BCUT2D eigenvalue weighted by Gasteiger charge is -2.23. The second-order valence-corrected chi connectivity index (χ2v) is 7.21. The molecule has 3 aromatic rings. The zero-order valence-corrected chi connectivity index (χ0v) is 17.8. The summed E-state index contributed by atoms with van der Waals surface area (Å²) in [4.78, 5) is 26.1. The lowest BCUT2D eigenvalue weighted by Crippen LogP contribution is -2.29. The van der Waals surface area contributed by atoms with Gasteiger partial charge in [0.05, 0.1) is 17.1 Å². The van der Waals surface area contributed by atoms with Crippen LogP contribution in [0.25, 0.3) is 16.5 Å². The molecule has 1 N–H and O–H groups in total. The van der Waals surface area contributed by atoms with Gasteiger partial charge in [0.15, 0.2) is 5.82 Å². The van der Waals surface area contributed by atoms with E-state index in [0.29, 0.717) is 34.0 Å². The smallest absolute Gasteiger partial charge is 0.263 e. The fourth-order valence-corrected chi connectivity index (χ4v) is 3.71. The molecule has 0 aliphatic carbocycles. The maximum atomic E-state index is 14.6. The Morgan fingerprint density at radius 3 is 2.66 bits per heavy atom. The van der Waals surface area contributed by atoms with Gasteiger partial charge in [-0.3, -0.25) is 19.3 Å². The maximum Gasteiger partial charge on any atom is 0.263 e. The molecule has 0 bridgehead atoms. The molecule has 0 saturated heterocycles. The summed E-state index contributed by atoms with van der Waals surface area (Å²) in [6.07, 6.45) is 5.26. The van der Waals surface area contributed by atoms with Gasteiger partial charge in [-0.15, -0.1) is 0 Å². The van der Waals surface area contributed by atoms with E-state index in [1.54, 1.807) is 42.1 Å². The second-order valence-electron chi connectivity index (χ2n) is 7.21. The van der Waals surface area contributed by atoms with Crippen molar-refractivity contribution in [3.63, 3.8) is 0 Å². The van der Waals surface area contributed by atoms with Crippen LogP contribution in [-0.4, -0.2) is 30.3 Å². The first-order valence-electron chi connectivity index (χ1n) is 10.1. The summed E-state index contributed by atoms with van der Waals surface area (Å²) in [5, 5.41) is 3.86. The van der Waals surface area contributed by atoms with E-state index in [1.165, 1.54) is 6.07 Å². The average Bonchev–Trinajstić information content (AvgIpc) is 2.83. The van der Waals surface area contributed by atoms with E-state index in [-0.39, 0.29) is 10.9 Å². The van der Waals surface area contributed by atoms with Crippen molar-refractivity contribution in [1.29, 1.82) is 0 Å². The molecule has 1 aliphatic heterocycles. The molecule has 0 spiro atoms. The number of hydrogen-bond acceptors (Lipinski definition) is 5. The van der Waals surface area contributed by atoms with Crippen molar-refractivity contribution in [1.82, 2.24) is 9.88 Å². The Bertz CT molecular complexity index is 1370. The molecule has 0 unspecified atom stereocenters. The molecule has 6 nitrogen and oxygen atoms in total. The Kier molecular flexibility index (Phi) is 5.89. The molecule has 7 heteroatoms. The lowest BCUT2D eigenvalue weighted by atomic mass is 10.1. The molecule has 32 heavy (non-hydrogen) atoms. The van der Waals surface area contributed by atoms with Gasteiger partial charge < -0.3 is 5.32 Å². The molecule has 1 aliphatic rings. The standard InChI is InChI=1S/C25H22FN5O/c1-16(30-24(28-3)23-21(27-2)13-8-14-29-23)22-15-19-18(11-7-12-20(19)26)25(32)31(22)17-9-5-4-6-10-17/h4-16,30H,3H2,1-2H3/b24-23-,27-21-/t16-/m0/s1. The minimum absolute atomic E-state index is 0.267. The van der Waals surface area contributed by atoms with Gasteiger partial charge in [-0.25, -0.2) is 9.38 Å². The van der Waals surface area contributed by atoms with Crippen LogP contribution in [0.1, 0.15) is 18.7 Å². The number of hydrogen-bond donors (Lipinski definition) is 1. The Labute approximate surface area is 184 Å². The number of nitrogens with zero attached hydrogens (tertiary/aromatic N) is 4. The van der Waals surface area contributed by atoms with Crippen molar-refractivity contribution in [3.8, 4) is 5.69 Å². The Morgan fingerprint density at radius 1 is 1.16 bits per heavy atom. The number of rotatable bonds is 5. The Morgan fingerprint density at radius 2 is 1.94 bits per heavy atom. The molecular formula is C25H22FN5O. The molecule has 1 aromatic heterocycles. The van der Waals surface area contributed by atoms with Crippen LogP contribution in [0.2, 0.25) is 0 Å². The monoisotopic (exact) mass is 427 g/mol. The molecule has 2 heterocycles. The molecule has 0 saturated carbocycles. The van der Waals surface area contributed by atoms with Gasteiger partial charge >= 0.3 is 0 Å². The number of aromatic nitrogens is 1. The number of dihydropyridines is 1. The third-order valence-electron chi connectivity index (χ3n) is 5.26. The van der Waals surface area contributed by atoms with Crippen molar-refractivity contribution in [2.75, 3.05) is 7.05 Å². The highest BCUT2D eigenvalue weighted by Crippen LogP contribution is 2.24. The van der Waals surface area contributed by atoms with Crippen LogP contribution in [0.5, 0.6) is 0 Å². The molecule has 1 atom stereocenters. The number of para-hydroxylation sites is 1. The molecule has 160 valence electrons. The summed E-state index contributed by atoms with van der Waals surface area (Å²) in [5.41, 5.74) is 2.15. The molecule has 2 aromatic carbocycles. The molecule has 0 amide bonds. The lowest BCUT2D eigenvalue weighted by molar-refractivity contribution is 0.605. The van der Waals surface area contributed by atoms with Gasteiger partial charge in [-0.2, -0.15) is 0 Å². The quantitative estimate of drug-likeness (QED) is 0.615. The van der Waals surface area contributed by atoms with Gasteiger partial charge in [0, 0.05) is 30.0 Å². The third-order valence-corrected chi connectivity index (χ3v) is 5.26. The minimum Gasteiger partial charge on any atom is -0.360 e. The number of fused-ring (bicyclic) bond motifs is 1. The number of halogens is 1. The van der Waals surface area contributed by atoms with Crippen LogP contribution in [0.15, 0.2) is 98.0 Å². The van der Waals surface area contributed by atoms with E-state index in [4.69, 9.17) is 0 Å². The largest absolute Gasteiger partial charge is 0.360 e. The van der Waals surface area contributed by atoms with E-state index in [0.717, 1.165) is 0 Å². The van der Waals surface area contributed by atoms with E-state index in [1.807, 2.05) is 43.3 Å². The number of pyridine rings is 1. The summed E-state index contributed by atoms with van der Waals surface area (Å²) < 4.78 is 16.2. The fraction of sp³-hybridized carbons (Fsp3) is 0.120. The van der Waals surface area contributed by atoms with Gasteiger partial charge in [-0.1, -0.05) is 24.3 Å². The third kappa shape index (κ3) is 3.80. The van der Waals surface area contributed by atoms with Gasteiger partial charge in [0.25, 0.3) is 5.56 Å². The fourth-order valence-electron chi connectivity index (χ4n) is 3.71. The summed E-state index contributed by atoms with van der Waals surface area (Å²) in [6, 6.07) is 15.0. The first kappa shape index (κ1) is 21.1. The van der Waals surface area contributed by atoms with Gasteiger partial charge in [-0.05, 0) is 56.1 Å². The van der Waals surface area contributed by atoms with Crippen molar-refractivity contribution in [2.45, 2.75) is 13.0 Å². The first-order chi connectivity index (χ1) is 15.5. The van der Waals surface area contributed by atoms with E-state index in [9.17, 15) is 9.18 Å². The van der Waals surface area contributed by atoms with Crippen molar-refractivity contribution in [2.24, 2.45) is 15.0 Å². The number of nitrogens with one attached hydrogen (secondary N) is 1. The van der Waals surface area contributed by atoms with Crippen LogP contribution in [0.3, 0.4) is 0 Å². The predicted octanol–water partition coefficient (Wildman–Crippen LogP) is 4.36. The Hall–Kier alpha value is -4.13.